The van der Waals surface area contributed by atoms with E-state index in [0.29, 0.717) is 13.0 Å². The third kappa shape index (κ3) is 4.01. The van der Waals surface area contributed by atoms with Crippen LogP contribution in [0.4, 0.5) is 0 Å². The number of rotatable bonds is 5. The van der Waals surface area contributed by atoms with Gasteiger partial charge < -0.3 is 9.84 Å². The highest BCUT2D eigenvalue weighted by Crippen LogP contribution is 2.13. The Morgan fingerprint density at radius 1 is 1.47 bits per heavy atom. The van der Waals surface area contributed by atoms with E-state index in [-0.39, 0.29) is 0 Å². The van der Waals surface area contributed by atoms with Crippen LogP contribution in [0.3, 0.4) is 0 Å². The first-order chi connectivity index (χ1) is 7.13. The normalized spacial score (nSPS) is 12.4. The SMILES string of the molecule is CCOC(Cc1ccc(Br)cc1)C(=O)O. The Morgan fingerprint density at radius 3 is 2.53 bits per heavy atom. The molecule has 0 spiro atoms. The summed E-state index contributed by atoms with van der Waals surface area (Å²) in [7, 11) is 0. The molecule has 1 atom stereocenters. The predicted octanol–water partition coefficient (Wildman–Crippen LogP) is 2.48. The van der Waals surface area contributed by atoms with Gasteiger partial charge in [-0.25, -0.2) is 4.79 Å². The van der Waals surface area contributed by atoms with E-state index in [4.69, 9.17) is 9.84 Å². The molecule has 1 rings (SSSR count). The van der Waals surface area contributed by atoms with Crippen LogP contribution in [0.25, 0.3) is 0 Å². The number of benzene rings is 1. The number of carboxylic acids is 1. The quantitative estimate of drug-likeness (QED) is 0.896. The highest BCUT2D eigenvalue weighted by Gasteiger charge is 2.17. The van der Waals surface area contributed by atoms with Crippen molar-refractivity contribution in [1.82, 2.24) is 0 Å². The van der Waals surface area contributed by atoms with Crippen LogP contribution >= 0.6 is 15.9 Å². The van der Waals surface area contributed by atoms with Crippen molar-refractivity contribution >= 4 is 21.9 Å². The van der Waals surface area contributed by atoms with E-state index in [1.54, 1.807) is 6.92 Å². The largest absolute Gasteiger partial charge is 0.479 e. The molecule has 82 valence electrons. The number of hydrogen-bond acceptors (Lipinski definition) is 2. The Kier molecular flexibility index (Phi) is 4.78. The van der Waals surface area contributed by atoms with Gasteiger partial charge in [0.1, 0.15) is 0 Å². The van der Waals surface area contributed by atoms with Crippen molar-refractivity contribution in [1.29, 1.82) is 0 Å². The molecule has 0 heterocycles. The van der Waals surface area contributed by atoms with Crippen molar-refractivity contribution in [2.24, 2.45) is 0 Å². The van der Waals surface area contributed by atoms with Crippen LogP contribution < -0.4 is 0 Å². The third-order valence-corrected chi connectivity index (χ3v) is 2.51. The highest BCUT2D eigenvalue weighted by atomic mass is 79.9. The van der Waals surface area contributed by atoms with E-state index in [1.165, 1.54) is 0 Å². The maximum Gasteiger partial charge on any atom is 0.333 e. The molecule has 1 N–H and O–H groups in total. The first-order valence-electron chi connectivity index (χ1n) is 4.72. The molecule has 0 bridgehead atoms. The van der Waals surface area contributed by atoms with Crippen LogP contribution in [-0.4, -0.2) is 23.8 Å². The number of carboxylic acid groups (broad SMARTS) is 1. The van der Waals surface area contributed by atoms with Crippen LogP contribution in [0.2, 0.25) is 0 Å². The maximum absolute atomic E-state index is 10.8. The molecule has 0 aliphatic heterocycles. The lowest BCUT2D eigenvalue weighted by Gasteiger charge is -2.12. The summed E-state index contributed by atoms with van der Waals surface area (Å²) in [5.41, 5.74) is 0.957. The molecule has 0 aromatic heterocycles. The second-order valence-corrected chi connectivity index (χ2v) is 4.03. The lowest BCUT2D eigenvalue weighted by Crippen LogP contribution is -2.26. The second kappa shape index (κ2) is 5.88. The smallest absolute Gasteiger partial charge is 0.333 e. The summed E-state index contributed by atoms with van der Waals surface area (Å²) in [6, 6.07) is 7.55. The van der Waals surface area contributed by atoms with Gasteiger partial charge in [0.15, 0.2) is 6.10 Å². The monoisotopic (exact) mass is 272 g/mol. The fraction of sp³-hybridized carbons (Fsp3) is 0.364. The van der Waals surface area contributed by atoms with Crippen molar-refractivity contribution < 1.29 is 14.6 Å². The molecule has 0 fully saturated rings. The standard InChI is InChI=1S/C11H13BrO3/c1-2-15-10(11(13)14)7-8-3-5-9(12)6-4-8/h3-6,10H,2,7H2,1H3,(H,13,14). The molecule has 0 saturated heterocycles. The van der Waals surface area contributed by atoms with Gasteiger partial charge in [-0.05, 0) is 24.6 Å². The van der Waals surface area contributed by atoms with Crippen LogP contribution in [0, 0.1) is 0 Å². The van der Waals surface area contributed by atoms with Crippen LogP contribution in [0.5, 0.6) is 0 Å². The average Bonchev–Trinajstić information content (AvgIpc) is 2.20. The first-order valence-corrected chi connectivity index (χ1v) is 5.51. The zero-order chi connectivity index (χ0) is 11.3. The van der Waals surface area contributed by atoms with Crippen molar-refractivity contribution in [2.75, 3.05) is 6.61 Å². The topological polar surface area (TPSA) is 46.5 Å². The molecular formula is C11H13BrO3. The lowest BCUT2D eigenvalue weighted by molar-refractivity contribution is -0.149. The van der Waals surface area contributed by atoms with Crippen LogP contribution in [-0.2, 0) is 16.0 Å². The van der Waals surface area contributed by atoms with E-state index in [0.717, 1.165) is 10.0 Å². The van der Waals surface area contributed by atoms with Gasteiger partial charge in [0, 0.05) is 17.5 Å². The molecule has 0 aliphatic carbocycles. The summed E-state index contributed by atoms with van der Waals surface area (Å²) in [6.45, 7) is 2.20. The molecule has 0 aliphatic rings. The van der Waals surface area contributed by atoms with Gasteiger partial charge in [0.05, 0.1) is 0 Å². The molecule has 1 aromatic rings. The van der Waals surface area contributed by atoms with E-state index in [2.05, 4.69) is 15.9 Å². The van der Waals surface area contributed by atoms with Crippen LogP contribution in [0.15, 0.2) is 28.7 Å². The van der Waals surface area contributed by atoms with Gasteiger partial charge >= 0.3 is 5.97 Å². The van der Waals surface area contributed by atoms with E-state index < -0.39 is 12.1 Å². The zero-order valence-electron chi connectivity index (χ0n) is 8.44. The summed E-state index contributed by atoms with van der Waals surface area (Å²) in [5, 5.41) is 8.89. The predicted molar refractivity (Wildman–Crippen MR) is 60.9 cm³/mol. The number of halogens is 1. The molecular weight excluding hydrogens is 260 g/mol. The number of carbonyl (C=O) groups is 1. The number of hydrogen-bond donors (Lipinski definition) is 1. The molecule has 0 saturated carbocycles. The maximum atomic E-state index is 10.8. The van der Waals surface area contributed by atoms with E-state index in [9.17, 15) is 4.79 Å². The second-order valence-electron chi connectivity index (χ2n) is 3.11. The van der Waals surface area contributed by atoms with Crippen molar-refractivity contribution in [3.63, 3.8) is 0 Å². The molecule has 15 heavy (non-hydrogen) atoms. The van der Waals surface area contributed by atoms with Crippen molar-refractivity contribution in [3.05, 3.63) is 34.3 Å². The van der Waals surface area contributed by atoms with Gasteiger partial charge in [-0.3, -0.25) is 0 Å². The Labute approximate surface area is 97.2 Å². The Balaban J connectivity index is 2.65. The van der Waals surface area contributed by atoms with Crippen LogP contribution in [0.1, 0.15) is 12.5 Å². The van der Waals surface area contributed by atoms with Gasteiger partial charge in [-0.2, -0.15) is 0 Å². The first kappa shape index (κ1) is 12.2. The summed E-state index contributed by atoms with van der Waals surface area (Å²) >= 11 is 3.32. The molecule has 1 aromatic carbocycles. The number of ether oxygens (including phenoxy) is 1. The van der Waals surface area contributed by atoms with Crippen molar-refractivity contribution in [3.8, 4) is 0 Å². The minimum atomic E-state index is -0.917. The zero-order valence-corrected chi connectivity index (χ0v) is 10.0. The van der Waals surface area contributed by atoms with E-state index in [1.807, 2.05) is 24.3 Å². The fourth-order valence-electron chi connectivity index (χ4n) is 1.25. The summed E-state index contributed by atoms with van der Waals surface area (Å²) in [5.74, 6) is -0.917. The Hall–Kier alpha value is -0.870. The molecule has 0 radical (unpaired) electrons. The van der Waals surface area contributed by atoms with Gasteiger partial charge in [-0.15, -0.1) is 0 Å². The van der Waals surface area contributed by atoms with E-state index >= 15 is 0 Å². The summed E-state index contributed by atoms with van der Waals surface area (Å²) in [6.07, 6.45) is -0.354. The molecule has 0 amide bonds. The Bertz CT molecular complexity index is 321. The highest BCUT2D eigenvalue weighted by molar-refractivity contribution is 9.10. The van der Waals surface area contributed by atoms with Gasteiger partial charge in [0.25, 0.3) is 0 Å². The Morgan fingerprint density at radius 2 is 2.07 bits per heavy atom. The number of aliphatic carboxylic acids is 1. The minimum absolute atomic E-state index is 0.399. The summed E-state index contributed by atoms with van der Waals surface area (Å²) < 4.78 is 6.11. The molecule has 3 nitrogen and oxygen atoms in total. The third-order valence-electron chi connectivity index (χ3n) is 1.98. The minimum Gasteiger partial charge on any atom is -0.479 e. The van der Waals surface area contributed by atoms with Crippen molar-refractivity contribution in [2.45, 2.75) is 19.4 Å². The molecule has 4 heteroatoms. The van der Waals surface area contributed by atoms with Gasteiger partial charge in [0.2, 0.25) is 0 Å². The van der Waals surface area contributed by atoms with Gasteiger partial charge in [-0.1, -0.05) is 28.1 Å². The summed E-state index contributed by atoms with van der Waals surface area (Å²) in [4.78, 5) is 10.8. The average molecular weight is 273 g/mol. The fourth-order valence-corrected chi connectivity index (χ4v) is 1.52. The lowest BCUT2D eigenvalue weighted by atomic mass is 10.1. The molecule has 1 unspecified atom stereocenters.